The first-order valence-corrected chi connectivity index (χ1v) is 7.18. The molecule has 0 aliphatic heterocycles. The zero-order valence-corrected chi connectivity index (χ0v) is 11.8. The van der Waals surface area contributed by atoms with Crippen LogP contribution >= 0.6 is 11.3 Å². The number of nitrogens with zero attached hydrogens (tertiary/aromatic N) is 2. The molecular formula is C15H12N4OS. The van der Waals surface area contributed by atoms with Crippen molar-refractivity contribution >= 4 is 28.9 Å². The van der Waals surface area contributed by atoms with Crippen LogP contribution in [-0.2, 0) is 0 Å². The Hall–Kier alpha value is -2.73. The van der Waals surface area contributed by atoms with Gasteiger partial charge in [-0.05, 0) is 46.7 Å². The summed E-state index contributed by atoms with van der Waals surface area (Å²) >= 11 is 1.64. The number of primary amides is 1. The van der Waals surface area contributed by atoms with Crippen LogP contribution in [0, 0.1) is 0 Å². The summed E-state index contributed by atoms with van der Waals surface area (Å²) in [6, 6.07) is 8.86. The Morgan fingerprint density at radius 2 is 1.76 bits per heavy atom. The van der Waals surface area contributed by atoms with Crippen molar-refractivity contribution < 1.29 is 4.79 Å². The highest BCUT2D eigenvalue weighted by molar-refractivity contribution is 7.08. The van der Waals surface area contributed by atoms with Crippen LogP contribution in [0.3, 0.4) is 0 Å². The van der Waals surface area contributed by atoms with Crippen molar-refractivity contribution in [2.75, 3.05) is 5.32 Å². The molecule has 1 amide bonds. The van der Waals surface area contributed by atoms with Gasteiger partial charge in [-0.3, -0.25) is 4.79 Å². The molecule has 0 spiro atoms. The van der Waals surface area contributed by atoms with E-state index in [9.17, 15) is 4.79 Å². The van der Waals surface area contributed by atoms with Crippen LogP contribution in [0.15, 0.2) is 53.5 Å². The maximum atomic E-state index is 11.0. The number of nitrogens with one attached hydrogen (secondary N) is 1. The lowest BCUT2D eigenvalue weighted by atomic mass is 10.2. The molecule has 3 rings (SSSR count). The lowest BCUT2D eigenvalue weighted by molar-refractivity contribution is 0.100. The maximum absolute atomic E-state index is 11.0. The minimum Gasteiger partial charge on any atom is -0.366 e. The highest BCUT2D eigenvalue weighted by Gasteiger charge is 2.03. The molecule has 0 unspecified atom stereocenters. The van der Waals surface area contributed by atoms with E-state index in [-0.39, 0.29) is 0 Å². The van der Waals surface area contributed by atoms with E-state index in [4.69, 9.17) is 5.73 Å². The molecule has 0 atom stereocenters. The molecule has 21 heavy (non-hydrogen) atoms. The van der Waals surface area contributed by atoms with Gasteiger partial charge < -0.3 is 11.1 Å². The summed E-state index contributed by atoms with van der Waals surface area (Å²) in [5, 5.41) is 7.14. The van der Waals surface area contributed by atoms with Gasteiger partial charge in [0.15, 0.2) is 0 Å². The van der Waals surface area contributed by atoms with Gasteiger partial charge in [0.2, 0.25) is 11.9 Å². The molecule has 0 saturated carbocycles. The van der Waals surface area contributed by atoms with Crippen LogP contribution in [0.1, 0.15) is 10.4 Å². The van der Waals surface area contributed by atoms with Crippen molar-refractivity contribution in [3.63, 3.8) is 0 Å². The Morgan fingerprint density at radius 3 is 2.33 bits per heavy atom. The molecule has 0 bridgehead atoms. The number of hydrogen-bond donors (Lipinski definition) is 2. The van der Waals surface area contributed by atoms with E-state index in [1.54, 1.807) is 48.0 Å². The van der Waals surface area contributed by atoms with Crippen molar-refractivity contribution in [3.8, 4) is 11.1 Å². The Labute approximate surface area is 125 Å². The molecule has 0 aliphatic rings. The van der Waals surface area contributed by atoms with Crippen LogP contribution in [0.4, 0.5) is 11.6 Å². The van der Waals surface area contributed by atoms with Crippen LogP contribution < -0.4 is 11.1 Å². The number of nitrogens with two attached hydrogens (primary N) is 1. The fraction of sp³-hybridized carbons (Fsp3) is 0. The summed E-state index contributed by atoms with van der Waals surface area (Å²) in [6.45, 7) is 0. The Balaban J connectivity index is 1.74. The lowest BCUT2D eigenvalue weighted by Crippen LogP contribution is -2.10. The standard InChI is InChI=1S/C15H12N4OS/c16-14(20)10-1-3-13(4-2-10)19-15-17-7-12(8-18-15)11-5-6-21-9-11/h1-9H,(H2,16,20)(H,17,18,19). The highest BCUT2D eigenvalue weighted by atomic mass is 32.1. The molecule has 3 aromatic rings. The summed E-state index contributed by atoms with van der Waals surface area (Å²) in [7, 11) is 0. The van der Waals surface area contributed by atoms with Crippen LogP contribution in [0.5, 0.6) is 0 Å². The van der Waals surface area contributed by atoms with E-state index in [1.165, 1.54) is 0 Å². The summed E-state index contributed by atoms with van der Waals surface area (Å²) < 4.78 is 0. The second-order valence-corrected chi connectivity index (χ2v) is 5.15. The fourth-order valence-corrected chi connectivity index (χ4v) is 2.48. The van der Waals surface area contributed by atoms with Crippen molar-refractivity contribution in [2.45, 2.75) is 0 Å². The number of thiophene rings is 1. The van der Waals surface area contributed by atoms with E-state index in [0.29, 0.717) is 11.5 Å². The average Bonchev–Trinajstić information content (AvgIpc) is 3.03. The van der Waals surface area contributed by atoms with E-state index in [0.717, 1.165) is 16.8 Å². The molecule has 2 aromatic heterocycles. The SMILES string of the molecule is NC(=O)c1ccc(Nc2ncc(-c3ccsc3)cn2)cc1. The molecule has 0 radical (unpaired) electrons. The first-order chi connectivity index (χ1) is 10.2. The summed E-state index contributed by atoms with van der Waals surface area (Å²) in [4.78, 5) is 19.6. The molecule has 6 heteroatoms. The van der Waals surface area contributed by atoms with Gasteiger partial charge in [0.25, 0.3) is 0 Å². The zero-order valence-electron chi connectivity index (χ0n) is 11.0. The molecule has 0 fully saturated rings. The highest BCUT2D eigenvalue weighted by Crippen LogP contribution is 2.21. The quantitative estimate of drug-likeness (QED) is 0.775. The van der Waals surface area contributed by atoms with Crippen LogP contribution in [-0.4, -0.2) is 15.9 Å². The van der Waals surface area contributed by atoms with E-state index in [2.05, 4.69) is 15.3 Å². The van der Waals surface area contributed by atoms with E-state index < -0.39 is 5.91 Å². The number of aromatic nitrogens is 2. The third-order valence-electron chi connectivity index (χ3n) is 2.93. The Morgan fingerprint density at radius 1 is 1.05 bits per heavy atom. The van der Waals surface area contributed by atoms with Crippen LogP contribution in [0.2, 0.25) is 0 Å². The minimum absolute atomic E-state index is 0.446. The van der Waals surface area contributed by atoms with Crippen LogP contribution in [0.25, 0.3) is 11.1 Å². The van der Waals surface area contributed by atoms with Crippen molar-refractivity contribution in [2.24, 2.45) is 5.73 Å². The minimum atomic E-state index is -0.446. The fourth-order valence-electron chi connectivity index (χ4n) is 1.82. The number of amides is 1. The van der Waals surface area contributed by atoms with Gasteiger partial charge >= 0.3 is 0 Å². The molecule has 0 aliphatic carbocycles. The average molecular weight is 296 g/mol. The normalized spacial score (nSPS) is 10.3. The zero-order chi connectivity index (χ0) is 14.7. The number of rotatable bonds is 4. The molecular weight excluding hydrogens is 284 g/mol. The Kier molecular flexibility index (Phi) is 3.61. The molecule has 1 aromatic carbocycles. The van der Waals surface area contributed by atoms with Crippen molar-refractivity contribution in [1.82, 2.24) is 9.97 Å². The summed E-state index contributed by atoms with van der Waals surface area (Å²) in [6.07, 6.45) is 3.55. The van der Waals surface area contributed by atoms with Gasteiger partial charge in [-0.1, -0.05) is 0 Å². The second-order valence-electron chi connectivity index (χ2n) is 4.37. The molecule has 3 N–H and O–H groups in total. The van der Waals surface area contributed by atoms with E-state index in [1.807, 2.05) is 16.8 Å². The maximum Gasteiger partial charge on any atom is 0.248 e. The smallest absolute Gasteiger partial charge is 0.248 e. The van der Waals surface area contributed by atoms with Crippen molar-refractivity contribution in [3.05, 3.63) is 59.0 Å². The third kappa shape index (κ3) is 3.06. The van der Waals surface area contributed by atoms with Crippen molar-refractivity contribution in [1.29, 1.82) is 0 Å². The molecule has 2 heterocycles. The predicted octanol–water partition coefficient (Wildman–Crippen LogP) is 3.05. The number of anilines is 2. The van der Waals surface area contributed by atoms with E-state index >= 15 is 0 Å². The largest absolute Gasteiger partial charge is 0.366 e. The van der Waals surface area contributed by atoms with Gasteiger partial charge in [0.1, 0.15) is 0 Å². The predicted molar refractivity (Wildman–Crippen MR) is 83.6 cm³/mol. The summed E-state index contributed by atoms with van der Waals surface area (Å²) in [5.41, 5.74) is 8.54. The van der Waals surface area contributed by atoms with Gasteiger partial charge in [-0.15, -0.1) is 0 Å². The molecule has 104 valence electrons. The third-order valence-corrected chi connectivity index (χ3v) is 3.62. The van der Waals surface area contributed by atoms with Gasteiger partial charge in [0.05, 0.1) is 0 Å². The molecule has 5 nitrogen and oxygen atoms in total. The first kappa shape index (κ1) is 13.3. The second kappa shape index (κ2) is 5.72. The number of carbonyl (C=O) groups is 1. The van der Waals surface area contributed by atoms with Gasteiger partial charge in [-0.25, -0.2) is 9.97 Å². The first-order valence-electron chi connectivity index (χ1n) is 6.24. The molecule has 0 saturated heterocycles. The lowest BCUT2D eigenvalue weighted by Gasteiger charge is -2.05. The van der Waals surface area contributed by atoms with Gasteiger partial charge in [-0.2, -0.15) is 11.3 Å². The monoisotopic (exact) mass is 296 g/mol. The topological polar surface area (TPSA) is 80.9 Å². The number of benzene rings is 1. The Bertz CT molecular complexity index is 736. The number of carbonyl (C=O) groups excluding carboxylic acids is 1. The van der Waals surface area contributed by atoms with Gasteiger partial charge in [0, 0.05) is 29.2 Å². The summed E-state index contributed by atoms with van der Waals surface area (Å²) in [5.74, 6) is 0.0544. The number of hydrogen-bond acceptors (Lipinski definition) is 5.